The summed E-state index contributed by atoms with van der Waals surface area (Å²) in [6.45, 7) is 2.78. The van der Waals surface area contributed by atoms with Crippen LogP contribution in [0.1, 0.15) is 12.5 Å². The highest BCUT2D eigenvalue weighted by atomic mass is 16.7. The van der Waals surface area contributed by atoms with Crippen molar-refractivity contribution in [3.63, 3.8) is 0 Å². The quantitative estimate of drug-likeness (QED) is 0.778. The van der Waals surface area contributed by atoms with Gasteiger partial charge in [-0.3, -0.25) is 0 Å². The summed E-state index contributed by atoms with van der Waals surface area (Å²) >= 11 is 0. The molecule has 0 saturated heterocycles. The molecule has 0 bridgehead atoms. The third-order valence-electron chi connectivity index (χ3n) is 2.57. The van der Waals surface area contributed by atoms with Crippen molar-refractivity contribution < 1.29 is 23.7 Å². The van der Waals surface area contributed by atoms with E-state index >= 15 is 0 Å². The summed E-state index contributed by atoms with van der Waals surface area (Å²) in [4.78, 5) is 11.3. The van der Waals surface area contributed by atoms with Crippen molar-refractivity contribution in [2.45, 2.75) is 13.5 Å². The average molecular weight is 267 g/mol. The molecule has 1 heterocycles. The molecule has 1 aliphatic heterocycles. The molecule has 6 heteroatoms. The second kappa shape index (κ2) is 6.29. The minimum atomic E-state index is -0.393. The Bertz CT molecular complexity index is 461. The number of ether oxygens (including phenoxy) is 4. The number of esters is 1. The third-order valence-corrected chi connectivity index (χ3v) is 2.57. The van der Waals surface area contributed by atoms with E-state index in [-0.39, 0.29) is 13.4 Å². The molecule has 0 saturated carbocycles. The molecule has 0 fully saturated rings. The van der Waals surface area contributed by atoms with Gasteiger partial charge < -0.3 is 24.3 Å². The molecular weight excluding hydrogens is 250 g/mol. The number of carbonyl (C=O) groups excluding carboxylic acids is 1. The minimum absolute atomic E-state index is 0.121. The number of nitrogens with one attached hydrogen (secondary N) is 1. The summed E-state index contributed by atoms with van der Waals surface area (Å²) in [6.07, 6.45) is 0. The summed E-state index contributed by atoms with van der Waals surface area (Å²) in [6, 6.07) is 3.58. The van der Waals surface area contributed by atoms with E-state index in [1.54, 1.807) is 13.0 Å². The van der Waals surface area contributed by atoms with Crippen LogP contribution in [0.25, 0.3) is 0 Å². The molecule has 0 atom stereocenters. The van der Waals surface area contributed by atoms with Crippen LogP contribution in [0.5, 0.6) is 17.2 Å². The maximum Gasteiger partial charge on any atom is 0.344 e. The van der Waals surface area contributed by atoms with Gasteiger partial charge in [-0.15, -0.1) is 0 Å². The molecule has 1 aromatic rings. The van der Waals surface area contributed by atoms with E-state index in [1.165, 1.54) is 0 Å². The van der Waals surface area contributed by atoms with Gasteiger partial charge in [0.2, 0.25) is 6.79 Å². The Kier molecular flexibility index (Phi) is 4.46. The van der Waals surface area contributed by atoms with Gasteiger partial charge in [0.05, 0.1) is 6.61 Å². The Balaban J connectivity index is 2.11. The van der Waals surface area contributed by atoms with Gasteiger partial charge in [-0.05, 0) is 20.0 Å². The molecule has 0 radical (unpaired) electrons. The highest BCUT2D eigenvalue weighted by Gasteiger charge is 2.18. The van der Waals surface area contributed by atoms with Gasteiger partial charge in [-0.2, -0.15) is 0 Å². The zero-order chi connectivity index (χ0) is 13.7. The van der Waals surface area contributed by atoms with Crippen molar-refractivity contribution in [2.24, 2.45) is 0 Å². The van der Waals surface area contributed by atoms with Crippen LogP contribution in [0.4, 0.5) is 0 Å². The van der Waals surface area contributed by atoms with Crippen molar-refractivity contribution in [1.29, 1.82) is 0 Å². The van der Waals surface area contributed by atoms with E-state index < -0.39 is 5.97 Å². The lowest BCUT2D eigenvalue weighted by Gasteiger charge is -2.12. The molecule has 0 unspecified atom stereocenters. The summed E-state index contributed by atoms with van der Waals surface area (Å²) in [5.74, 6) is 1.51. The number of carbonyl (C=O) groups is 1. The molecule has 0 amide bonds. The van der Waals surface area contributed by atoms with Crippen molar-refractivity contribution >= 4 is 5.97 Å². The first-order valence-corrected chi connectivity index (χ1v) is 6.10. The normalized spacial score (nSPS) is 12.3. The average Bonchev–Trinajstić information content (AvgIpc) is 2.84. The lowest BCUT2D eigenvalue weighted by Crippen LogP contribution is -2.16. The first-order chi connectivity index (χ1) is 9.24. The number of fused-ring (bicyclic) bond motifs is 1. The molecule has 0 aliphatic carbocycles. The highest BCUT2D eigenvalue weighted by molar-refractivity contribution is 5.71. The molecular formula is C13H17NO5. The molecule has 2 rings (SSSR count). The van der Waals surface area contributed by atoms with Crippen LogP contribution in [0, 0.1) is 0 Å². The Morgan fingerprint density at radius 1 is 1.37 bits per heavy atom. The monoisotopic (exact) mass is 267 g/mol. The lowest BCUT2D eigenvalue weighted by atomic mass is 10.1. The Hall–Kier alpha value is -1.95. The van der Waals surface area contributed by atoms with E-state index in [9.17, 15) is 4.79 Å². The SMILES string of the molecule is CCOC(=O)COc1cc2c(cc1CNC)OCO2. The van der Waals surface area contributed by atoms with Gasteiger partial charge >= 0.3 is 5.97 Å². The molecule has 1 N–H and O–H groups in total. The molecule has 6 nitrogen and oxygen atoms in total. The van der Waals surface area contributed by atoms with E-state index in [0.29, 0.717) is 30.4 Å². The fourth-order valence-electron chi connectivity index (χ4n) is 1.77. The van der Waals surface area contributed by atoms with Crippen LogP contribution >= 0.6 is 0 Å². The van der Waals surface area contributed by atoms with Gasteiger partial charge in [0.1, 0.15) is 5.75 Å². The summed E-state index contributed by atoms with van der Waals surface area (Å²) in [7, 11) is 1.83. The molecule has 0 aromatic heterocycles. The van der Waals surface area contributed by atoms with Crippen molar-refractivity contribution in [3.05, 3.63) is 17.7 Å². The predicted molar refractivity (Wildman–Crippen MR) is 67.5 cm³/mol. The first-order valence-electron chi connectivity index (χ1n) is 6.10. The molecule has 1 aliphatic rings. The van der Waals surface area contributed by atoms with E-state index in [0.717, 1.165) is 5.56 Å². The summed E-state index contributed by atoms with van der Waals surface area (Å²) < 4.78 is 20.9. The van der Waals surface area contributed by atoms with Gasteiger partial charge in [-0.25, -0.2) is 4.79 Å². The van der Waals surface area contributed by atoms with Crippen molar-refractivity contribution in [2.75, 3.05) is 27.1 Å². The van der Waals surface area contributed by atoms with Crippen LogP contribution in [0.3, 0.4) is 0 Å². The maximum atomic E-state index is 11.3. The van der Waals surface area contributed by atoms with Crippen LogP contribution < -0.4 is 19.5 Å². The van der Waals surface area contributed by atoms with Crippen LogP contribution in [-0.2, 0) is 16.1 Å². The van der Waals surface area contributed by atoms with Crippen molar-refractivity contribution in [3.8, 4) is 17.2 Å². The lowest BCUT2D eigenvalue weighted by molar-refractivity contribution is -0.145. The van der Waals surface area contributed by atoms with E-state index in [2.05, 4.69) is 5.32 Å². The van der Waals surface area contributed by atoms with E-state index in [1.807, 2.05) is 13.1 Å². The zero-order valence-corrected chi connectivity index (χ0v) is 11.0. The Morgan fingerprint density at radius 3 is 2.79 bits per heavy atom. The van der Waals surface area contributed by atoms with Gasteiger partial charge in [0.15, 0.2) is 18.1 Å². The molecule has 19 heavy (non-hydrogen) atoms. The topological polar surface area (TPSA) is 66.0 Å². The highest BCUT2D eigenvalue weighted by Crippen LogP contribution is 2.38. The number of hydrogen-bond acceptors (Lipinski definition) is 6. The fraction of sp³-hybridized carbons (Fsp3) is 0.462. The fourth-order valence-corrected chi connectivity index (χ4v) is 1.77. The first kappa shape index (κ1) is 13.5. The minimum Gasteiger partial charge on any atom is -0.481 e. The zero-order valence-electron chi connectivity index (χ0n) is 11.0. The Labute approximate surface area is 111 Å². The largest absolute Gasteiger partial charge is 0.481 e. The van der Waals surface area contributed by atoms with Crippen molar-refractivity contribution in [1.82, 2.24) is 5.32 Å². The van der Waals surface area contributed by atoms with Gasteiger partial charge in [-0.1, -0.05) is 0 Å². The number of hydrogen-bond donors (Lipinski definition) is 1. The summed E-state index contributed by atoms with van der Waals surface area (Å²) in [5, 5.41) is 3.04. The molecule has 0 spiro atoms. The Morgan fingerprint density at radius 2 is 2.11 bits per heavy atom. The van der Waals surface area contributed by atoms with Crippen LogP contribution in [0.2, 0.25) is 0 Å². The number of benzene rings is 1. The standard InChI is InChI=1S/C13H17NO5/c1-3-16-13(15)7-17-10-5-12-11(18-8-19-12)4-9(10)6-14-2/h4-5,14H,3,6-8H2,1-2H3. The second-order valence-corrected chi connectivity index (χ2v) is 3.94. The van der Waals surface area contributed by atoms with Crippen LogP contribution in [0.15, 0.2) is 12.1 Å². The van der Waals surface area contributed by atoms with E-state index in [4.69, 9.17) is 18.9 Å². The smallest absolute Gasteiger partial charge is 0.344 e. The predicted octanol–water partition coefficient (Wildman–Crippen LogP) is 1.08. The second-order valence-electron chi connectivity index (χ2n) is 3.94. The van der Waals surface area contributed by atoms with Gasteiger partial charge in [0, 0.05) is 18.2 Å². The third kappa shape index (κ3) is 3.29. The summed E-state index contributed by atoms with van der Waals surface area (Å²) in [5.41, 5.74) is 0.899. The van der Waals surface area contributed by atoms with Gasteiger partial charge in [0.25, 0.3) is 0 Å². The molecule has 104 valence electrons. The number of rotatable bonds is 6. The molecule has 1 aromatic carbocycles. The maximum absolute atomic E-state index is 11.3. The van der Waals surface area contributed by atoms with Crippen LogP contribution in [-0.4, -0.2) is 33.0 Å².